The lowest BCUT2D eigenvalue weighted by Crippen LogP contribution is -2.52. The van der Waals surface area contributed by atoms with Gasteiger partial charge in [-0.1, -0.05) is 36.4 Å². The van der Waals surface area contributed by atoms with Crippen molar-refractivity contribution in [3.05, 3.63) is 60.2 Å². The number of aliphatic hydroxyl groups excluding tert-OH is 1. The standard InChI is InChI=1S/C27H38N2O7S/c1-27(2,3)36-26(31)28-24(16-20-10-6-5-7-11-20)25(30)19-29(18-22-13-9-15-35-22)37(32,33)23-14-8-12-21(17-23)34-4/h5-8,10-12,14,17,22,24-25,30H,9,13,15-16,18-19H2,1-4H3,(H,28,31)/t22?,24-,25+/m0/s1. The first-order valence-electron chi connectivity index (χ1n) is 12.5. The highest BCUT2D eigenvalue weighted by Crippen LogP contribution is 2.24. The summed E-state index contributed by atoms with van der Waals surface area (Å²) in [5.41, 5.74) is 0.150. The van der Waals surface area contributed by atoms with Gasteiger partial charge in [0.05, 0.1) is 30.3 Å². The van der Waals surface area contributed by atoms with E-state index in [4.69, 9.17) is 14.2 Å². The van der Waals surface area contributed by atoms with Crippen molar-refractivity contribution in [2.45, 2.75) is 68.8 Å². The van der Waals surface area contributed by atoms with Gasteiger partial charge in [-0.3, -0.25) is 0 Å². The molecule has 1 unspecified atom stereocenters. The number of amides is 1. The Labute approximate surface area is 219 Å². The second-order valence-electron chi connectivity index (χ2n) is 10.1. The minimum Gasteiger partial charge on any atom is -0.497 e. The van der Waals surface area contributed by atoms with E-state index >= 15 is 0 Å². The average Bonchev–Trinajstić information content (AvgIpc) is 3.36. The molecule has 0 bridgehead atoms. The average molecular weight is 535 g/mol. The fourth-order valence-electron chi connectivity index (χ4n) is 4.14. The predicted octanol–water partition coefficient (Wildman–Crippen LogP) is 3.36. The van der Waals surface area contributed by atoms with E-state index in [1.165, 1.54) is 23.5 Å². The SMILES string of the molecule is COc1cccc(S(=O)(=O)N(CC2CCCO2)C[C@@H](O)[C@H](Cc2ccccc2)NC(=O)OC(C)(C)C)c1. The highest BCUT2D eigenvalue weighted by Gasteiger charge is 2.34. The minimum absolute atomic E-state index is 0.0526. The molecular formula is C27H38N2O7S. The van der Waals surface area contributed by atoms with E-state index in [9.17, 15) is 18.3 Å². The Bertz CT molecular complexity index is 1110. The van der Waals surface area contributed by atoms with Crippen molar-refractivity contribution in [1.29, 1.82) is 0 Å². The summed E-state index contributed by atoms with van der Waals surface area (Å²) in [6, 6.07) is 14.8. The molecule has 3 rings (SSSR count). The number of sulfonamides is 1. The number of carbonyl (C=O) groups excluding carboxylic acids is 1. The molecule has 1 fully saturated rings. The molecule has 2 aromatic rings. The molecule has 1 amide bonds. The summed E-state index contributed by atoms with van der Waals surface area (Å²) in [5.74, 6) is 0.409. The summed E-state index contributed by atoms with van der Waals surface area (Å²) in [5, 5.41) is 14.1. The number of alkyl carbamates (subject to hydrolysis) is 1. The predicted molar refractivity (Wildman–Crippen MR) is 140 cm³/mol. The molecule has 1 heterocycles. The fraction of sp³-hybridized carbons (Fsp3) is 0.519. The van der Waals surface area contributed by atoms with Crippen molar-refractivity contribution in [1.82, 2.24) is 9.62 Å². The van der Waals surface area contributed by atoms with Crippen LogP contribution in [0, 0.1) is 0 Å². The summed E-state index contributed by atoms with van der Waals surface area (Å²) >= 11 is 0. The van der Waals surface area contributed by atoms with Crippen LogP contribution >= 0.6 is 0 Å². The molecule has 204 valence electrons. The largest absolute Gasteiger partial charge is 0.497 e. The van der Waals surface area contributed by atoms with Crippen molar-refractivity contribution in [2.75, 3.05) is 26.8 Å². The van der Waals surface area contributed by atoms with Crippen molar-refractivity contribution in [2.24, 2.45) is 0 Å². The lowest BCUT2D eigenvalue weighted by Gasteiger charge is -2.31. The Morgan fingerprint density at radius 2 is 1.92 bits per heavy atom. The van der Waals surface area contributed by atoms with E-state index in [2.05, 4.69) is 5.32 Å². The topological polar surface area (TPSA) is 114 Å². The Balaban J connectivity index is 1.87. The van der Waals surface area contributed by atoms with Gasteiger partial charge in [-0.25, -0.2) is 13.2 Å². The number of hydrogen-bond donors (Lipinski definition) is 2. The van der Waals surface area contributed by atoms with Crippen molar-refractivity contribution < 1.29 is 32.5 Å². The highest BCUT2D eigenvalue weighted by molar-refractivity contribution is 7.89. The number of nitrogens with zero attached hydrogens (tertiary/aromatic N) is 1. The number of benzene rings is 2. The van der Waals surface area contributed by atoms with E-state index in [-0.39, 0.29) is 30.5 Å². The lowest BCUT2D eigenvalue weighted by molar-refractivity contribution is 0.0373. The molecule has 1 aliphatic heterocycles. The lowest BCUT2D eigenvalue weighted by atomic mass is 10.0. The summed E-state index contributed by atoms with van der Waals surface area (Å²) in [7, 11) is -2.54. The number of aliphatic hydroxyl groups is 1. The zero-order valence-corrected chi connectivity index (χ0v) is 22.7. The molecule has 0 aliphatic carbocycles. The molecule has 0 spiro atoms. The smallest absolute Gasteiger partial charge is 0.407 e. The van der Waals surface area contributed by atoms with E-state index in [0.29, 0.717) is 12.4 Å². The normalized spacial score (nSPS) is 17.8. The van der Waals surface area contributed by atoms with Gasteiger partial charge in [0.2, 0.25) is 10.0 Å². The molecule has 9 nitrogen and oxygen atoms in total. The monoisotopic (exact) mass is 534 g/mol. The van der Waals surface area contributed by atoms with E-state index in [1.807, 2.05) is 30.3 Å². The van der Waals surface area contributed by atoms with Crippen LogP contribution in [0.5, 0.6) is 5.75 Å². The van der Waals surface area contributed by atoms with Crippen LogP contribution in [-0.2, 0) is 25.9 Å². The molecule has 3 atom stereocenters. The van der Waals surface area contributed by atoms with E-state index in [1.54, 1.807) is 32.9 Å². The minimum atomic E-state index is -4.01. The van der Waals surface area contributed by atoms with Gasteiger partial charge in [0.25, 0.3) is 0 Å². The molecular weight excluding hydrogens is 496 g/mol. The van der Waals surface area contributed by atoms with Crippen LogP contribution in [-0.4, -0.2) is 74.6 Å². The summed E-state index contributed by atoms with van der Waals surface area (Å²) in [4.78, 5) is 12.7. The van der Waals surface area contributed by atoms with Crippen LogP contribution in [0.3, 0.4) is 0 Å². The van der Waals surface area contributed by atoms with Gasteiger partial charge in [-0.15, -0.1) is 0 Å². The number of ether oxygens (including phenoxy) is 3. The first-order chi connectivity index (χ1) is 17.5. The Morgan fingerprint density at radius 1 is 1.19 bits per heavy atom. The maximum Gasteiger partial charge on any atom is 0.407 e. The van der Waals surface area contributed by atoms with E-state index in [0.717, 1.165) is 18.4 Å². The maximum atomic E-state index is 13.7. The van der Waals surface area contributed by atoms with Crippen molar-refractivity contribution in [3.8, 4) is 5.75 Å². The highest BCUT2D eigenvalue weighted by atomic mass is 32.2. The van der Waals surface area contributed by atoms with Crippen LogP contribution in [0.1, 0.15) is 39.2 Å². The van der Waals surface area contributed by atoms with Crippen molar-refractivity contribution in [3.63, 3.8) is 0 Å². The Kier molecular flexibility index (Phi) is 9.94. The zero-order chi connectivity index (χ0) is 27.1. The second kappa shape index (κ2) is 12.7. The Morgan fingerprint density at radius 3 is 2.54 bits per heavy atom. The first kappa shape index (κ1) is 28.9. The number of carbonyl (C=O) groups is 1. The van der Waals surface area contributed by atoms with Gasteiger partial charge in [0.1, 0.15) is 11.4 Å². The molecule has 0 radical (unpaired) electrons. The van der Waals surface area contributed by atoms with Gasteiger partial charge in [-0.05, 0) is 57.7 Å². The summed E-state index contributed by atoms with van der Waals surface area (Å²) in [6.45, 7) is 5.66. The van der Waals surface area contributed by atoms with Gasteiger partial charge < -0.3 is 24.6 Å². The van der Waals surface area contributed by atoms with Gasteiger partial charge in [-0.2, -0.15) is 4.31 Å². The number of hydrogen-bond acceptors (Lipinski definition) is 7. The van der Waals surface area contributed by atoms with E-state index < -0.39 is 33.9 Å². The summed E-state index contributed by atoms with van der Waals surface area (Å²) in [6.07, 6.45) is -0.336. The van der Waals surface area contributed by atoms with Gasteiger partial charge >= 0.3 is 6.09 Å². The quantitative estimate of drug-likeness (QED) is 0.454. The van der Waals surface area contributed by atoms with Crippen molar-refractivity contribution >= 4 is 16.1 Å². The third kappa shape index (κ3) is 8.70. The molecule has 0 saturated carbocycles. The third-order valence-corrected chi connectivity index (χ3v) is 7.79. The number of rotatable bonds is 11. The first-order valence-corrected chi connectivity index (χ1v) is 13.9. The molecule has 0 aromatic heterocycles. The molecule has 1 aliphatic rings. The van der Waals surface area contributed by atoms with Crippen LogP contribution in [0.2, 0.25) is 0 Å². The van der Waals surface area contributed by atoms with Gasteiger partial charge in [0, 0.05) is 25.8 Å². The van der Waals surface area contributed by atoms with Crippen LogP contribution in [0.15, 0.2) is 59.5 Å². The third-order valence-electron chi connectivity index (χ3n) is 5.97. The molecule has 1 saturated heterocycles. The second-order valence-corrected chi connectivity index (χ2v) is 12.1. The van der Waals surface area contributed by atoms with Crippen LogP contribution < -0.4 is 10.1 Å². The Hall–Kier alpha value is -2.66. The molecule has 2 N–H and O–H groups in total. The molecule has 10 heteroatoms. The van der Waals surface area contributed by atoms with Crippen LogP contribution in [0.25, 0.3) is 0 Å². The summed E-state index contributed by atoms with van der Waals surface area (Å²) < 4.78 is 45.0. The maximum absolute atomic E-state index is 13.7. The van der Waals surface area contributed by atoms with Gasteiger partial charge in [0.15, 0.2) is 0 Å². The molecule has 2 aromatic carbocycles. The zero-order valence-electron chi connectivity index (χ0n) is 21.9. The number of nitrogens with one attached hydrogen (secondary N) is 1. The molecule has 37 heavy (non-hydrogen) atoms. The van der Waals surface area contributed by atoms with Crippen LogP contribution in [0.4, 0.5) is 4.79 Å². The fourth-order valence-corrected chi connectivity index (χ4v) is 5.67. The number of methoxy groups -OCH3 is 1.